The highest BCUT2D eigenvalue weighted by molar-refractivity contribution is 6.00. The molecule has 0 spiro atoms. The Hall–Kier alpha value is -3.15. The number of pyridine rings is 1. The predicted molar refractivity (Wildman–Crippen MR) is 82.7 cm³/mol. The molecule has 22 heavy (non-hydrogen) atoms. The second-order valence-corrected chi connectivity index (χ2v) is 4.74. The van der Waals surface area contributed by atoms with Gasteiger partial charge in [0, 0.05) is 10.9 Å². The number of benzene rings is 2. The Balaban J connectivity index is 2.02. The highest BCUT2D eigenvalue weighted by Crippen LogP contribution is 2.12. The van der Waals surface area contributed by atoms with Crippen LogP contribution in [0.3, 0.4) is 0 Å². The van der Waals surface area contributed by atoms with Crippen molar-refractivity contribution in [3.8, 4) is 0 Å². The van der Waals surface area contributed by atoms with E-state index in [1.54, 1.807) is 30.3 Å². The first-order valence-electron chi connectivity index (χ1n) is 6.53. The summed E-state index contributed by atoms with van der Waals surface area (Å²) in [5.74, 6) is -0.887. The van der Waals surface area contributed by atoms with Crippen LogP contribution in [0.1, 0.15) is 10.4 Å². The molecule has 110 valence electrons. The third kappa shape index (κ3) is 2.42. The van der Waals surface area contributed by atoms with Gasteiger partial charge in [0.1, 0.15) is 11.6 Å². The molecule has 0 unspecified atom stereocenters. The number of aromatic nitrogens is 1. The second kappa shape index (κ2) is 5.33. The van der Waals surface area contributed by atoms with E-state index in [-0.39, 0.29) is 11.4 Å². The van der Waals surface area contributed by atoms with Crippen molar-refractivity contribution in [2.45, 2.75) is 0 Å². The molecule has 1 amide bonds. The highest BCUT2D eigenvalue weighted by Gasteiger charge is 2.11. The Morgan fingerprint density at radius 3 is 2.50 bits per heavy atom. The van der Waals surface area contributed by atoms with Gasteiger partial charge in [-0.15, -0.1) is 0 Å². The Morgan fingerprint density at radius 1 is 1.09 bits per heavy atom. The number of nitrogens with zero attached hydrogens (tertiary/aromatic N) is 1. The van der Waals surface area contributed by atoms with Crippen LogP contribution in [0.2, 0.25) is 0 Å². The molecule has 0 saturated carbocycles. The van der Waals surface area contributed by atoms with Gasteiger partial charge in [0.25, 0.3) is 11.5 Å². The first-order valence-corrected chi connectivity index (χ1v) is 6.53. The van der Waals surface area contributed by atoms with Gasteiger partial charge in [0.15, 0.2) is 0 Å². The zero-order valence-electron chi connectivity index (χ0n) is 11.4. The summed E-state index contributed by atoms with van der Waals surface area (Å²) >= 11 is 0. The van der Waals surface area contributed by atoms with Gasteiger partial charge in [-0.05, 0) is 41.8 Å². The van der Waals surface area contributed by atoms with E-state index in [1.807, 2.05) is 0 Å². The van der Waals surface area contributed by atoms with Crippen molar-refractivity contribution in [2.75, 3.05) is 11.2 Å². The molecule has 0 aliphatic heterocycles. The molecule has 0 aliphatic carbocycles. The minimum atomic E-state index is -0.552. The number of nitrogen functional groups attached to an aromatic ring is 1. The molecule has 0 atom stereocenters. The Labute approximate surface area is 124 Å². The van der Waals surface area contributed by atoms with E-state index in [0.29, 0.717) is 10.8 Å². The molecule has 0 radical (unpaired) electrons. The second-order valence-electron chi connectivity index (χ2n) is 4.74. The first-order chi connectivity index (χ1) is 10.6. The quantitative estimate of drug-likeness (QED) is 0.760. The monoisotopic (exact) mass is 297 g/mol. The summed E-state index contributed by atoms with van der Waals surface area (Å²) in [6.07, 6.45) is 0. The number of nitrogens with one attached hydrogen (secondary N) is 1. The summed E-state index contributed by atoms with van der Waals surface area (Å²) in [4.78, 5) is 24.5. The molecule has 2 aromatic carbocycles. The molecule has 1 heterocycles. The molecule has 5 nitrogen and oxygen atoms in total. The fourth-order valence-electron chi connectivity index (χ4n) is 2.16. The molecular weight excluding hydrogens is 285 g/mol. The third-order valence-corrected chi connectivity index (χ3v) is 3.28. The van der Waals surface area contributed by atoms with E-state index < -0.39 is 17.3 Å². The smallest absolute Gasteiger partial charge is 0.278 e. The van der Waals surface area contributed by atoms with E-state index in [4.69, 9.17) is 5.73 Å². The number of hydrogen-bond acceptors (Lipinski definition) is 3. The number of carbonyl (C=O) groups is 1. The number of rotatable bonds is 2. The number of hydrogen-bond donors (Lipinski definition) is 2. The van der Waals surface area contributed by atoms with Crippen molar-refractivity contribution in [3.63, 3.8) is 0 Å². The van der Waals surface area contributed by atoms with E-state index in [1.165, 1.54) is 24.3 Å². The third-order valence-electron chi connectivity index (χ3n) is 3.28. The number of carbonyl (C=O) groups excluding carboxylic acids is 1. The molecule has 1 aromatic heterocycles. The van der Waals surface area contributed by atoms with Crippen molar-refractivity contribution in [1.82, 2.24) is 4.68 Å². The summed E-state index contributed by atoms with van der Waals surface area (Å²) in [7, 11) is 0. The Bertz CT molecular complexity index is 917. The van der Waals surface area contributed by atoms with Gasteiger partial charge in [-0.1, -0.05) is 18.2 Å². The normalized spacial score (nSPS) is 10.6. The SMILES string of the molecule is Nc1cc2ccccc2c(=O)n1NC(=O)c1ccc(F)cc1. The van der Waals surface area contributed by atoms with Crippen molar-refractivity contribution in [2.24, 2.45) is 0 Å². The van der Waals surface area contributed by atoms with Crippen LogP contribution in [0, 0.1) is 5.82 Å². The number of fused-ring (bicyclic) bond motifs is 1. The van der Waals surface area contributed by atoms with Crippen molar-refractivity contribution >= 4 is 22.5 Å². The topological polar surface area (TPSA) is 77.1 Å². The van der Waals surface area contributed by atoms with Crippen LogP contribution >= 0.6 is 0 Å². The van der Waals surface area contributed by atoms with Crippen LogP contribution in [-0.4, -0.2) is 10.6 Å². The van der Waals surface area contributed by atoms with Crippen LogP contribution in [0.25, 0.3) is 10.8 Å². The van der Waals surface area contributed by atoms with Gasteiger partial charge in [0.2, 0.25) is 0 Å². The molecule has 0 bridgehead atoms. The number of halogens is 1. The summed E-state index contributed by atoms with van der Waals surface area (Å²) in [6, 6.07) is 13.5. The lowest BCUT2D eigenvalue weighted by Gasteiger charge is -2.12. The fourth-order valence-corrected chi connectivity index (χ4v) is 2.16. The van der Waals surface area contributed by atoms with Crippen molar-refractivity contribution < 1.29 is 9.18 Å². The van der Waals surface area contributed by atoms with Crippen molar-refractivity contribution in [1.29, 1.82) is 0 Å². The van der Waals surface area contributed by atoms with E-state index >= 15 is 0 Å². The predicted octanol–water partition coefficient (Wildman–Crippen LogP) is 2.11. The lowest BCUT2D eigenvalue weighted by atomic mass is 10.2. The zero-order chi connectivity index (χ0) is 15.7. The highest BCUT2D eigenvalue weighted by atomic mass is 19.1. The maximum atomic E-state index is 12.9. The van der Waals surface area contributed by atoms with Crippen LogP contribution in [0.4, 0.5) is 10.2 Å². The lowest BCUT2D eigenvalue weighted by Crippen LogP contribution is -2.34. The van der Waals surface area contributed by atoms with E-state index in [2.05, 4.69) is 5.43 Å². The van der Waals surface area contributed by atoms with Crippen LogP contribution in [0.5, 0.6) is 0 Å². The zero-order valence-corrected chi connectivity index (χ0v) is 11.4. The maximum Gasteiger partial charge on any atom is 0.278 e. The average molecular weight is 297 g/mol. The summed E-state index contributed by atoms with van der Waals surface area (Å²) in [5, 5.41) is 1.13. The minimum absolute atomic E-state index is 0.110. The molecule has 3 aromatic rings. The summed E-state index contributed by atoms with van der Waals surface area (Å²) in [6.45, 7) is 0. The van der Waals surface area contributed by atoms with Gasteiger partial charge >= 0.3 is 0 Å². The molecule has 3 N–H and O–H groups in total. The molecule has 0 aliphatic rings. The van der Waals surface area contributed by atoms with Crippen LogP contribution < -0.4 is 16.7 Å². The number of anilines is 1. The first kappa shape index (κ1) is 13.8. The van der Waals surface area contributed by atoms with E-state index in [9.17, 15) is 14.0 Å². The molecule has 6 heteroatoms. The van der Waals surface area contributed by atoms with Gasteiger partial charge in [-0.3, -0.25) is 15.0 Å². The number of amides is 1. The average Bonchev–Trinajstić information content (AvgIpc) is 2.52. The molecule has 3 rings (SSSR count). The molecular formula is C16H12FN3O2. The van der Waals surface area contributed by atoms with Crippen LogP contribution in [-0.2, 0) is 0 Å². The van der Waals surface area contributed by atoms with Gasteiger partial charge in [-0.2, -0.15) is 0 Å². The van der Waals surface area contributed by atoms with E-state index in [0.717, 1.165) is 4.68 Å². The minimum Gasteiger partial charge on any atom is -0.384 e. The lowest BCUT2D eigenvalue weighted by molar-refractivity contribution is 0.101. The molecule has 0 saturated heterocycles. The molecule has 0 fully saturated rings. The van der Waals surface area contributed by atoms with Crippen LogP contribution in [0.15, 0.2) is 59.4 Å². The summed E-state index contributed by atoms with van der Waals surface area (Å²) in [5.41, 5.74) is 8.05. The standard InChI is InChI=1S/C16H12FN3O2/c17-12-7-5-10(6-8-12)15(21)19-20-14(18)9-11-3-1-2-4-13(11)16(20)22/h1-9H,18H2,(H,19,21). The fraction of sp³-hybridized carbons (Fsp3) is 0. The summed E-state index contributed by atoms with van der Waals surface area (Å²) < 4.78 is 13.9. The Morgan fingerprint density at radius 2 is 1.77 bits per heavy atom. The van der Waals surface area contributed by atoms with Crippen molar-refractivity contribution in [3.05, 3.63) is 76.3 Å². The Kier molecular flexibility index (Phi) is 3.34. The van der Waals surface area contributed by atoms with Gasteiger partial charge in [-0.25, -0.2) is 9.07 Å². The van der Waals surface area contributed by atoms with Gasteiger partial charge < -0.3 is 5.73 Å². The number of nitrogens with two attached hydrogens (primary N) is 1. The maximum absolute atomic E-state index is 12.9. The van der Waals surface area contributed by atoms with Gasteiger partial charge in [0.05, 0.1) is 0 Å². The largest absolute Gasteiger partial charge is 0.384 e.